The van der Waals surface area contributed by atoms with E-state index in [9.17, 15) is 4.79 Å². The molecule has 0 saturated heterocycles. The fourth-order valence-electron chi connectivity index (χ4n) is 1.84. The van der Waals surface area contributed by atoms with E-state index >= 15 is 0 Å². The van der Waals surface area contributed by atoms with Gasteiger partial charge in [0.05, 0.1) is 5.41 Å². The maximum Gasteiger partial charge on any atom is 0.230 e. The lowest BCUT2D eigenvalue weighted by Gasteiger charge is -2.17. The van der Waals surface area contributed by atoms with Crippen LogP contribution in [0.15, 0.2) is 24.5 Å². The van der Waals surface area contributed by atoms with Gasteiger partial charge in [0.25, 0.3) is 0 Å². The number of nitrogens with zero attached hydrogens (tertiary/aromatic N) is 1. The second-order valence-electron chi connectivity index (χ2n) is 4.45. The molecule has 2 rings (SSSR count). The number of nitrogens with one attached hydrogen (secondary N) is 1. The van der Waals surface area contributed by atoms with Gasteiger partial charge in [0, 0.05) is 18.4 Å². The molecule has 0 atom stereocenters. The molecule has 1 aromatic heterocycles. The van der Waals surface area contributed by atoms with E-state index in [1.807, 2.05) is 26.0 Å². The highest BCUT2D eigenvalue weighted by Gasteiger charge is 2.51. The summed E-state index contributed by atoms with van der Waals surface area (Å²) in [4.78, 5) is 16.0. The van der Waals surface area contributed by atoms with Gasteiger partial charge in [-0.05, 0) is 44.4 Å². The van der Waals surface area contributed by atoms with Gasteiger partial charge in [0.15, 0.2) is 0 Å². The lowest BCUT2D eigenvalue weighted by Crippen LogP contribution is -2.38. The molecule has 1 aromatic rings. The van der Waals surface area contributed by atoms with Crippen LogP contribution in [0.3, 0.4) is 0 Å². The van der Waals surface area contributed by atoms with Crippen molar-refractivity contribution >= 4 is 5.91 Å². The topological polar surface area (TPSA) is 42.0 Å². The molecule has 1 aliphatic carbocycles. The molecule has 1 aliphatic rings. The van der Waals surface area contributed by atoms with Gasteiger partial charge >= 0.3 is 0 Å². The van der Waals surface area contributed by atoms with Crippen LogP contribution < -0.4 is 5.32 Å². The van der Waals surface area contributed by atoms with Crippen molar-refractivity contribution in [1.29, 1.82) is 0 Å². The van der Waals surface area contributed by atoms with Gasteiger partial charge in [-0.2, -0.15) is 0 Å². The minimum atomic E-state index is -0.257. The summed E-state index contributed by atoms with van der Waals surface area (Å²) in [6.45, 7) is 3.97. The zero-order chi connectivity index (χ0) is 10.9. The highest BCUT2D eigenvalue weighted by Crippen LogP contribution is 2.48. The van der Waals surface area contributed by atoms with Crippen LogP contribution in [-0.4, -0.2) is 16.9 Å². The summed E-state index contributed by atoms with van der Waals surface area (Å²) in [5.74, 6) is 0.156. The van der Waals surface area contributed by atoms with Gasteiger partial charge in [-0.15, -0.1) is 0 Å². The van der Waals surface area contributed by atoms with Crippen LogP contribution >= 0.6 is 0 Å². The molecule has 3 heteroatoms. The Hall–Kier alpha value is -1.38. The van der Waals surface area contributed by atoms with Gasteiger partial charge < -0.3 is 5.32 Å². The second kappa shape index (κ2) is 3.65. The summed E-state index contributed by atoms with van der Waals surface area (Å²) >= 11 is 0. The SMILES string of the molecule is CC(C)NC(=O)C1(c2ccncc2)CC1. The van der Waals surface area contributed by atoms with E-state index in [1.54, 1.807) is 12.4 Å². The van der Waals surface area contributed by atoms with Crippen LogP contribution in [0.4, 0.5) is 0 Å². The number of hydrogen-bond acceptors (Lipinski definition) is 2. The Morgan fingerprint density at radius 2 is 2.00 bits per heavy atom. The van der Waals surface area contributed by atoms with Crippen molar-refractivity contribution in [3.8, 4) is 0 Å². The van der Waals surface area contributed by atoms with Crippen molar-refractivity contribution in [2.45, 2.75) is 38.1 Å². The summed E-state index contributed by atoms with van der Waals surface area (Å²) in [7, 11) is 0. The Bertz CT molecular complexity index is 355. The fraction of sp³-hybridized carbons (Fsp3) is 0.500. The predicted molar refractivity (Wildman–Crippen MR) is 58.4 cm³/mol. The normalized spacial score (nSPS) is 17.5. The molecule has 80 valence electrons. The first-order valence-corrected chi connectivity index (χ1v) is 5.37. The number of aromatic nitrogens is 1. The summed E-state index contributed by atoms with van der Waals surface area (Å²) in [5, 5.41) is 2.98. The highest BCUT2D eigenvalue weighted by molar-refractivity contribution is 5.91. The molecular formula is C12H16N2O. The van der Waals surface area contributed by atoms with Crippen molar-refractivity contribution in [3.05, 3.63) is 30.1 Å². The molecule has 1 N–H and O–H groups in total. The number of pyridine rings is 1. The van der Waals surface area contributed by atoms with E-state index in [1.165, 1.54) is 0 Å². The zero-order valence-electron chi connectivity index (χ0n) is 9.16. The van der Waals surface area contributed by atoms with Crippen molar-refractivity contribution < 1.29 is 4.79 Å². The smallest absolute Gasteiger partial charge is 0.230 e. The third-order valence-electron chi connectivity index (χ3n) is 2.84. The molecule has 0 spiro atoms. The Morgan fingerprint density at radius 3 is 2.47 bits per heavy atom. The minimum Gasteiger partial charge on any atom is -0.353 e. The average Bonchev–Trinajstić information content (AvgIpc) is 2.99. The first-order chi connectivity index (χ1) is 7.15. The molecule has 1 fully saturated rings. The Morgan fingerprint density at radius 1 is 1.40 bits per heavy atom. The van der Waals surface area contributed by atoms with Gasteiger partial charge in [0.2, 0.25) is 5.91 Å². The van der Waals surface area contributed by atoms with Gasteiger partial charge in [-0.1, -0.05) is 0 Å². The minimum absolute atomic E-state index is 0.156. The van der Waals surface area contributed by atoms with Crippen LogP contribution in [0.1, 0.15) is 32.3 Å². The van der Waals surface area contributed by atoms with E-state index in [0.29, 0.717) is 0 Å². The number of carbonyl (C=O) groups excluding carboxylic acids is 1. The molecule has 0 unspecified atom stereocenters. The van der Waals surface area contributed by atoms with E-state index in [0.717, 1.165) is 18.4 Å². The lowest BCUT2D eigenvalue weighted by molar-refractivity contribution is -0.124. The summed E-state index contributed by atoms with van der Waals surface area (Å²) < 4.78 is 0. The Balaban J connectivity index is 2.18. The Labute approximate surface area is 89.9 Å². The van der Waals surface area contributed by atoms with E-state index in [-0.39, 0.29) is 17.4 Å². The monoisotopic (exact) mass is 204 g/mol. The molecule has 0 aliphatic heterocycles. The quantitative estimate of drug-likeness (QED) is 0.813. The number of carbonyl (C=O) groups is 1. The first kappa shape index (κ1) is 10.1. The van der Waals surface area contributed by atoms with Crippen LogP contribution in [0.5, 0.6) is 0 Å². The standard InChI is InChI=1S/C12H16N2O/c1-9(2)14-11(15)12(5-6-12)10-3-7-13-8-4-10/h3-4,7-9H,5-6H2,1-2H3,(H,14,15). The van der Waals surface area contributed by atoms with Crippen LogP contribution in [0.2, 0.25) is 0 Å². The zero-order valence-corrected chi connectivity index (χ0v) is 9.16. The molecule has 0 bridgehead atoms. The van der Waals surface area contributed by atoms with Crippen LogP contribution in [0.25, 0.3) is 0 Å². The van der Waals surface area contributed by atoms with Crippen molar-refractivity contribution in [3.63, 3.8) is 0 Å². The summed E-state index contributed by atoms with van der Waals surface area (Å²) in [6, 6.07) is 4.08. The summed E-state index contributed by atoms with van der Waals surface area (Å²) in [6.07, 6.45) is 5.40. The number of hydrogen-bond donors (Lipinski definition) is 1. The molecule has 1 heterocycles. The van der Waals surface area contributed by atoms with Gasteiger partial charge in [0.1, 0.15) is 0 Å². The van der Waals surface area contributed by atoms with Crippen LogP contribution in [-0.2, 0) is 10.2 Å². The molecule has 1 saturated carbocycles. The fourth-order valence-corrected chi connectivity index (χ4v) is 1.84. The van der Waals surface area contributed by atoms with Gasteiger partial charge in [-0.3, -0.25) is 9.78 Å². The molecule has 3 nitrogen and oxygen atoms in total. The maximum atomic E-state index is 12.0. The Kier molecular flexibility index (Phi) is 2.47. The lowest BCUT2D eigenvalue weighted by atomic mass is 9.96. The maximum absolute atomic E-state index is 12.0. The second-order valence-corrected chi connectivity index (χ2v) is 4.45. The van der Waals surface area contributed by atoms with Crippen molar-refractivity contribution in [2.75, 3.05) is 0 Å². The molecular weight excluding hydrogens is 188 g/mol. The third-order valence-corrected chi connectivity index (χ3v) is 2.84. The number of rotatable bonds is 3. The van der Waals surface area contributed by atoms with Crippen molar-refractivity contribution in [2.24, 2.45) is 0 Å². The van der Waals surface area contributed by atoms with E-state index in [2.05, 4.69) is 10.3 Å². The van der Waals surface area contributed by atoms with E-state index in [4.69, 9.17) is 0 Å². The van der Waals surface area contributed by atoms with Crippen molar-refractivity contribution in [1.82, 2.24) is 10.3 Å². The van der Waals surface area contributed by atoms with Crippen LogP contribution in [0, 0.1) is 0 Å². The van der Waals surface area contributed by atoms with Gasteiger partial charge in [-0.25, -0.2) is 0 Å². The third kappa shape index (κ3) is 1.87. The van der Waals surface area contributed by atoms with E-state index < -0.39 is 0 Å². The molecule has 0 aromatic carbocycles. The molecule has 1 amide bonds. The molecule has 0 radical (unpaired) electrons. The first-order valence-electron chi connectivity index (χ1n) is 5.37. The largest absolute Gasteiger partial charge is 0.353 e. The average molecular weight is 204 g/mol. The predicted octanol–water partition coefficient (Wildman–Crippen LogP) is 1.64. The number of amides is 1. The molecule has 15 heavy (non-hydrogen) atoms. The highest BCUT2D eigenvalue weighted by atomic mass is 16.2. The summed E-state index contributed by atoms with van der Waals surface area (Å²) in [5.41, 5.74) is 0.836.